The highest BCUT2D eigenvalue weighted by atomic mass is 32.1. The van der Waals surface area contributed by atoms with Crippen LogP contribution in [0.3, 0.4) is 0 Å². The quantitative estimate of drug-likeness (QED) is 0.796. The molecule has 0 radical (unpaired) electrons. The van der Waals surface area contributed by atoms with Gasteiger partial charge in [-0.25, -0.2) is 4.98 Å². The summed E-state index contributed by atoms with van der Waals surface area (Å²) < 4.78 is 1.04. The third kappa shape index (κ3) is 2.26. The van der Waals surface area contributed by atoms with E-state index in [0.29, 0.717) is 0 Å². The molecule has 19 heavy (non-hydrogen) atoms. The van der Waals surface area contributed by atoms with E-state index in [-0.39, 0.29) is 18.6 Å². The van der Waals surface area contributed by atoms with Gasteiger partial charge in [0.05, 0.1) is 10.2 Å². The molecule has 2 rings (SSSR count). The first-order chi connectivity index (χ1) is 9.14. The molecule has 0 amide bonds. The Bertz CT molecular complexity index is 650. The standard InChI is InChI=1S/C16H13NOS/c1-4-10-16(11-5-2,12(3)18)15-17-13-8-6-7-9-14(13)19-15/h1-2,6-9H,10-11H2,3H3. The van der Waals surface area contributed by atoms with Gasteiger partial charge in [0, 0.05) is 12.8 Å². The van der Waals surface area contributed by atoms with Gasteiger partial charge in [0.2, 0.25) is 0 Å². The van der Waals surface area contributed by atoms with Crippen LogP contribution in [0.15, 0.2) is 24.3 Å². The Labute approximate surface area is 116 Å². The van der Waals surface area contributed by atoms with Gasteiger partial charge in [-0.05, 0) is 19.1 Å². The number of hydrogen-bond donors (Lipinski definition) is 0. The van der Waals surface area contributed by atoms with Crippen LogP contribution in [0.1, 0.15) is 24.8 Å². The zero-order chi connectivity index (χ0) is 13.9. The average molecular weight is 267 g/mol. The molecule has 0 N–H and O–H groups in total. The van der Waals surface area contributed by atoms with Crippen LogP contribution in [0.5, 0.6) is 0 Å². The molecule has 0 atom stereocenters. The number of benzene rings is 1. The molecule has 0 saturated carbocycles. The summed E-state index contributed by atoms with van der Waals surface area (Å²) in [7, 11) is 0. The number of para-hydroxylation sites is 1. The van der Waals surface area contributed by atoms with Gasteiger partial charge in [-0.2, -0.15) is 0 Å². The third-order valence-electron chi connectivity index (χ3n) is 3.18. The molecule has 94 valence electrons. The minimum Gasteiger partial charge on any atom is -0.299 e. The van der Waals surface area contributed by atoms with Gasteiger partial charge >= 0.3 is 0 Å². The maximum Gasteiger partial charge on any atom is 0.144 e. The number of rotatable bonds is 4. The van der Waals surface area contributed by atoms with Crippen molar-refractivity contribution >= 4 is 27.3 Å². The van der Waals surface area contributed by atoms with Crippen LogP contribution in [-0.4, -0.2) is 10.8 Å². The van der Waals surface area contributed by atoms with Crippen LogP contribution in [0, 0.1) is 24.7 Å². The lowest BCUT2D eigenvalue weighted by Crippen LogP contribution is -2.33. The van der Waals surface area contributed by atoms with Gasteiger partial charge in [-0.15, -0.1) is 36.0 Å². The summed E-state index contributed by atoms with van der Waals surface area (Å²) >= 11 is 1.49. The van der Waals surface area contributed by atoms with Gasteiger partial charge in [-0.1, -0.05) is 12.1 Å². The van der Waals surface area contributed by atoms with Gasteiger partial charge in [0.1, 0.15) is 16.2 Å². The molecule has 0 bridgehead atoms. The van der Waals surface area contributed by atoms with Crippen molar-refractivity contribution in [1.29, 1.82) is 0 Å². The molecule has 3 heteroatoms. The number of Topliss-reactive ketones (excluding diaryl/α,β-unsaturated/α-hetero) is 1. The van der Waals surface area contributed by atoms with Crippen molar-refractivity contribution in [3.63, 3.8) is 0 Å². The van der Waals surface area contributed by atoms with E-state index in [2.05, 4.69) is 16.8 Å². The summed E-state index contributed by atoms with van der Waals surface area (Å²) in [4.78, 5) is 16.6. The Hall–Kier alpha value is -2.10. The molecule has 0 aliphatic heterocycles. The lowest BCUT2D eigenvalue weighted by molar-refractivity contribution is -0.122. The van der Waals surface area contributed by atoms with Crippen molar-refractivity contribution in [1.82, 2.24) is 4.98 Å². The fourth-order valence-corrected chi connectivity index (χ4v) is 3.24. The highest BCUT2D eigenvalue weighted by Crippen LogP contribution is 2.37. The fourth-order valence-electron chi connectivity index (χ4n) is 2.04. The van der Waals surface area contributed by atoms with Crippen molar-refractivity contribution in [3.05, 3.63) is 29.3 Å². The van der Waals surface area contributed by atoms with Crippen molar-refractivity contribution in [3.8, 4) is 24.7 Å². The Morgan fingerprint density at radius 1 is 1.32 bits per heavy atom. The normalized spacial score (nSPS) is 10.9. The van der Waals surface area contributed by atoms with Crippen molar-refractivity contribution < 1.29 is 4.79 Å². The highest BCUT2D eigenvalue weighted by molar-refractivity contribution is 7.18. The number of fused-ring (bicyclic) bond motifs is 1. The highest BCUT2D eigenvalue weighted by Gasteiger charge is 2.39. The first-order valence-electron chi connectivity index (χ1n) is 5.88. The predicted octanol–water partition coefficient (Wildman–Crippen LogP) is 3.17. The molecule has 1 aromatic heterocycles. The van der Waals surface area contributed by atoms with E-state index >= 15 is 0 Å². The van der Waals surface area contributed by atoms with Crippen LogP contribution in [0.25, 0.3) is 10.2 Å². The Morgan fingerprint density at radius 3 is 2.47 bits per heavy atom. The predicted molar refractivity (Wildman–Crippen MR) is 78.9 cm³/mol. The van der Waals surface area contributed by atoms with E-state index in [4.69, 9.17) is 12.8 Å². The second kappa shape index (κ2) is 5.26. The van der Waals surface area contributed by atoms with Crippen LogP contribution >= 0.6 is 11.3 Å². The van der Waals surface area contributed by atoms with Crippen LogP contribution in [0.2, 0.25) is 0 Å². The van der Waals surface area contributed by atoms with E-state index in [1.165, 1.54) is 18.3 Å². The number of carbonyl (C=O) groups is 1. The molecule has 0 saturated heterocycles. The van der Waals surface area contributed by atoms with Crippen molar-refractivity contribution in [2.75, 3.05) is 0 Å². The maximum atomic E-state index is 12.1. The van der Waals surface area contributed by atoms with E-state index in [1.54, 1.807) is 0 Å². The summed E-state index contributed by atoms with van der Waals surface area (Å²) in [5.74, 6) is 5.11. The third-order valence-corrected chi connectivity index (χ3v) is 4.43. The molecule has 1 aromatic carbocycles. The van der Waals surface area contributed by atoms with Crippen LogP contribution in [0.4, 0.5) is 0 Å². The zero-order valence-corrected chi connectivity index (χ0v) is 11.5. The van der Waals surface area contributed by atoms with Crippen LogP contribution < -0.4 is 0 Å². The van der Waals surface area contributed by atoms with E-state index < -0.39 is 5.41 Å². The Balaban J connectivity index is 2.63. The summed E-state index contributed by atoms with van der Waals surface area (Å²) in [5, 5.41) is 0.720. The van der Waals surface area contributed by atoms with E-state index in [1.807, 2.05) is 24.3 Å². The molecule has 2 aromatic rings. The first kappa shape index (κ1) is 13.3. The van der Waals surface area contributed by atoms with E-state index in [9.17, 15) is 4.79 Å². The molecular formula is C16H13NOS. The van der Waals surface area contributed by atoms with Crippen LogP contribution in [-0.2, 0) is 10.2 Å². The number of thiazole rings is 1. The average Bonchev–Trinajstić information content (AvgIpc) is 2.82. The molecule has 2 nitrogen and oxygen atoms in total. The lowest BCUT2D eigenvalue weighted by Gasteiger charge is -2.24. The van der Waals surface area contributed by atoms with E-state index in [0.717, 1.165) is 15.2 Å². The molecule has 0 aliphatic carbocycles. The van der Waals surface area contributed by atoms with Crippen molar-refractivity contribution in [2.24, 2.45) is 0 Å². The summed E-state index contributed by atoms with van der Waals surface area (Å²) in [6.07, 6.45) is 11.4. The summed E-state index contributed by atoms with van der Waals surface area (Å²) in [6, 6.07) is 7.77. The first-order valence-corrected chi connectivity index (χ1v) is 6.69. The Kier molecular flexibility index (Phi) is 3.69. The van der Waals surface area contributed by atoms with Gasteiger partial charge in [-0.3, -0.25) is 4.79 Å². The number of aromatic nitrogens is 1. The molecule has 1 heterocycles. The molecular weight excluding hydrogens is 254 g/mol. The molecule has 0 unspecified atom stereocenters. The second-order valence-corrected chi connectivity index (χ2v) is 5.42. The molecule has 0 aliphatic rings. The number of nitrogens with zero attached hydrogens (tertiary/aromatic N) is 1. The molecule has 0 fully saturated rings. The smallest absolute Gasteiger partial charge is 0.144 e. The minimum absolute atomic E-state index is 0.0255. The fraction of sp³-hybridized carbons (Fsp3) is 0.250. The Morgan fingerprint density at radius 2 is 1.95 bits per heavy atom. The maximum absolute atomic E-state index is 12.1. The van der Waals surface area contributed by atoms with Gasteiger partial charge in [0.25, 0.3) is 0 Å². The molecule has 0 spiro atoms. The lowest BCUT2D eigenvalue weighted by atomic mass is 9.78. The zero-order valence-electron chi connectivity index (χ0n) is 10.6. The largest absolute Gasteiger partial charge is 0.299 e. The number of terminal acetylenes is 2. The topological polar surface area (TPSA) is 30.0 Å². The minimum atomic E-state index is -0.840. The van der Waals surface area contributed by atoms with Crippen molar-refractivity contribution in [2.45, 2.75) is 25.2 Å². The second-order valence-electron chi connectivity index (χ2n) is 4.39. The van der Waals surface area contributed by atoms with Gasteiger partial charge in [0.15, 0.2) is 0 Å². The van der Waals surface area contributed by atoms with Gasteiger partial charge < -0.3 is 0 Å². The number of carbonyl (C=O) groups excluding carboxylic acids is 1. The number of hydrogen-bond acceptors (Lipinski definition) is 3. The SMILES string of the molecule is C#CCC(CC#C)(C(C)=O)c1nc2ccccc2s1. The number of ketones is 1. The monoisotopic (exact) mass is 267 g/mol. The summed E-state index contributed by atoms with van der Waals surface area (Å²) in [5.41, 5.74) is 0.0369. The summed E-state index contributed by atoms with van der Waals surface area (Å²) in [6.45, 7) is 1.53.